The van der Waals surface area contributed by atoms with E-state index in [1.165, 1.54) is 0 Å². The van der Waals surface area contributed by atoms with E-state index in [4.69, 9.17) is 6.57 Å². The number of fused-ring (bicyclic) bond motifs is 1. The van der Waals surface area contributed by atoms with Gasteiger partial charge in [-0.3, -0.25) is 4.68 Å². The van der Waals surface area contributed by atoms with Crippen LogP contribution in [-0.4, -0.2) is 14.8 Å². The zero-order chi connectivity index (χ0) is 10.1. The molecule has 4 nitrogen and oxygen atoms in total. The number of hydrogen-bond acceptors (Lipinski definition) is 2. The first-order valence-corrected chi connectivity index (χ1v) is 4.48. The van der Waals surface area contributed by atoms with E-state index in [9.17, 15) is 0 Å². The van der Waals surface area contributed by atoms with Crippen molar-refractivity contribution in [2.24, 2.45) is 0 Å². The average Bonchev–Trinajstić information content (AvgIpc) is 2.55. The zero-order valence-electron chi connectivity index (χ0n) is 8.15. The van der Waals surface area contributed by atoms with Crippen molar-refractivity contribution in [1.82, 2.24) is 14.8 Å². The average molecular weight is 186 g/mol. The van der Waals surface area contributed by atoms with Gasteiger partial charge in [0.1, 0.15) is 5.52 Å². The highest BCUT2D eigenvalue weighted by molar-refractivity contribution is 5.78. The van der Waals surface area contributed by atoms with Gasteiger partial charge in [-0.05, 0) is 26.0 Å². The molecule has 0 aliphatic rings. The first-order chi connectivity index (χ1) is 6.76. The van der Waals surface area contributed by atoms with Gasteiger partial charge >= 0.3 is 0 Å². The lowest BCUT2D eigenvalue weighted by Crippen LogP contribution is -1.97. The molecule has 0 atom stereocenters. The number of pyridine rings is 1. The molecule has 0 saturated carbocycles. The second kappa shape index (κ2) is 3.11. The standard InChI is InChI=1S/C10H10N4/c1-4-14-7(2)10-8(13-14)5-6-9(11-3)12-10/h5-6H,4H2,1-2H3. The summed E-state index contributed by atoms with van der Waals surface area (Å²) in [7, 11) is 0. The molecule has 2 heterocycles. The van der Waals surface area contributed by atoms with Crippen molar-refractivity contribution in [1.29, 1.82) is 0 Å². The fraction of sp³-hybridized carbons (Fsp3) is 0.300. The molecule has 2 aromatic heterocycles. The molecule has 70 valence electrons. The maximum atomic E-state index is 6.88. The summed E-state index contributed by atoms with van der Waals surface area (Å²) >= 11 is 0. The van der Waals surface area contributed by atoms with E-state index in [0.717, 1.165) is 23.3 Å². The fourth-order valence-electron chi connectivity index (χ4n) is 1.49. The van der Waals surface area contributed by atoms with Crippen molar-refractivity contribution in [3.05, 3.63) is 29.2 Å². The smallest absolute Gasteiger partial charge is 0.270 e. The van der Waals surface area contributed by atoms with E-state index in [-0.39, 0.29) is 0 Å². The quantitative estimate of drug-likeness (QED) is 0.640. The zero-order valence-corrected chi connectivity index (χ0v) is 8.15. The number of rotatable bonds is 1. The van der Waals surface area contributed by atoms with Crippen molar-refractivity contribution >= 4 is 16.9 Å². The van der Waals surface area contributed by atoms with Crippen molar-refractivity contribution in [3.8, 4) is 0 Å². The molecule has 0 bridgehead atoms. The molecule has 0 unspecified atom stereocenters. The first-order valence-electron chi connectivity index (χ1n) is 4.48. The molecule has 4 heteroatoms. The van der Waals surface area contributed by atoms with Gasteiger partial charge in [0.05, 0.1) is 5.69 Å². The van der Waals surface area contributed by atoms with E-state index < -0.39 is 0 Å². The van der Waals surface area contributed by atoms with E-state index in [2.05, 4.69) is 14.9 Å². The van der Waals surface area contributed by atoms with Gasteiger partial charge in [0.2, 0.25) is 5.52 Å². The monoisotopic (exact) mass is 186 g/mol. The molecule has 14 heavy (non-hydrogen) atoms. The Hall–Kier alpha value is -1.89. The first kappa shape index (κ1) is 8.70. The van der Waals surface area contributed by atoms with Crippen molar-refractivity contribution in [2.45, 2.75) is 20.4 Å². The molecule has 0 fully saturated rings. The molecule has 2 aromatic rings. The summed E-state index contributed by atoms with van der Waals surface area (Å²) < 4.78 is 1.89. The fourth-order valence-corrected chi connectivity index (χ4v) is 1.49. The highest BCUT2D eigenvalue weighted by Gasteiger charge is 2.10. The predicted octanol–water partition coefficient (Wildman–Crippen LogP) is 2.31. The minimum Gasteiger partial charge on any atom is -0.361 e. The van der Waals surface area contributed by atoms with Gasteiger partial charge in [-0.2, -0.15) is 5.10 Å². The summed E-state index contributed by atoms with van der Waals surface area (Å²) in [6.45, 7) is 11.7. The van der Waals surface area contributed by atoms with Gasteiger partial charge in [0.25, 0.3) is 5.82 Å². The van der Waals surface area contributed by atoms with Crippen LogP contribution < -0.4 is 0 Å². The summed E-state index contributed by atoms with van der Waals surface area (Å²) in [5, 5.41) is 4.36. The Bertz CT molecular complexity index is 519. The summed E-state index contributed by atoms with van der Waals surface area (Å²) in [6.07, 6.45) is 0. The van der Waals surface area contributed by atoms with Crippen molar-refractivity contribution in [2.75, 3.05) is 0 Å². The van der Waals surface area contributed by atoms with Crippen LogP contribution >= 0.6 is 0 Å². The van der Waals surface area contributed by atoms with Crippen molar-refractivity contribution in [3.63, 3.8) is 0 Å². The van der Waals surface area contributed by atoms with Gasteiger partial charge < -0.3 is 4.85 Å². The molecular weight excluding hydrogens is 176 g/mol. The molecule has 0 aromatic carbocycles. The third-order valence-corrected chi connectivity index (χ3v) is 2.23. The van der Waals surface area contributed by atoms with Gasteiger partial charge in [0.15, 0.2) is 0 Å². The number of aryl methyl sites for hydroxylation is 2. The minimum absolute atomic E-state index is 0.427. The summed E-state index contributed by atoms with van der Waals surface area (Å²) in [5.74, 6) is 0.427. The van der Waals surface area contributed by atoms with E-state index in [1.807, 2.05) is 24.6 Å². The third-order valence-electron chi connectivity index (χ3n) is 2.23. The normalized spacial score (nSPS) is 10.4. The second-order valence-electron chi connectivity index (χ2n) is 3.05. The minimum atomic E-state index is 0.427. The van der Waals surface area contributed by atoms with Crippen molar-refractivity contribution < 1.29 is 0 Å². The Morgan fingerprint density at radius 3 is 2.93 bits per heavy atom. The van der Waals surface area contributed by atoms with E-state index in [1.54, 1.807) is 6.07 Å². The van der Waals surface area contributed by atoms with Crippen LogP contribution in [0.25, 0.3) is 15.9 Å². The lowest BCUT2D eigenvalue weighted by molar-refractivity contribution is 0.647. The van der Waals surface area contributed by atoms with Crippen LogP contribution in [0.3, 0.4) is 0 Å². The molecule has 0 aliphatic carbocycles. The number of hydrogen-bond donors (Lipinski definition) is 0. The number of aromatic nitrogens is 3. The van der Waals surface area contributed by atoms with Crippen LogP contribution in [0.2, 0.25) is 0 Å². The summed E-state index contributed by atoms with van der Waals surface area (Å²) in [6, 6.07) is 3.54. The summed E-state index contributed by atoms with van der Waals surface area (Å²) in [4.78, 5) is 7.52. The third kappa shape index (κ3) is 1.14. The Labute approximate surface area is 82.0 Å². The van der Waals surface area contributed by atoms with Gasteiger partial charge in [0, 0.05) is 6.54 Å². The Kier molecular flexibility index (Phi) is 1.93. The molecule has 0 aliphatic heterocycles. The van der Waals surface area contributed by atoms with Crippen LogP contribution in [0.4, 0.5) is 5.82 Å². The van der Waals surface area contributed by atoms with Gasteiger partial charge in [-0.25, -0.2) is 0 Å². The van der Waals surface area contributed by atoms with Crippen LogP contribution in [0.5, 0.6) is 0 Å². The maximum Gasteiger partial charge on any atom is 0.270 e. The molecule has 0 radical (unpaired) electrons. The van der Waals surface area contributed by atoms with Crippen LogP contribution in [0, 0.1) is 13.5 Å². The van der Waals surface area contributed by atoms with Crippen LogP contribution in [0.15, 0.2) is 12.1 Å². The van der Waals surface area contributed by atoms with Crippen LogP contribution in [0.1, 0.15) is 12.6 Å². The molecule has 0 amide bonds. The predicted molar refractivity (Wildman–Crippen MR) is 54.2 cm³/mol. The molecule has 0 N–H and O–H groups in total. The SMILES string of the molecule is [C-]#[N+]c1ccc2nn(CC)c(C)c2n1. The second-order valence-corrected chi connectivity index (χ2v) is 3.05. The Morgan fingerprint density at radius 2 is 2.29 bits per heavy atom. The largest absolute Gasteiger partial charge is 0.361 e. The Balaban J connectivity index is 2.75. The van der Waals surface area contributed by atoms with Gasteiger partial charge in [-0.1, -0.05) is 6.57 Å². The molecule has 0 spiro atoms. The molecule has 2 rings (SSSR count). The lowest BCUT2D eigenvalue weighted by atomic mass is 10.3. The Morgan fingerprint density at radius 1 is 1.50 bits per heavy atom. The summed E-state index contributed by atoms with van der Waals surface area (Å²) in [5.41, 5.74) is 2.71. The highest BCUT2D eigenvalue weighted by atomic mass is 15.3. The van der Waals surface area contributed by atoms with Crippen LogP contribution in [-0.2, 0) is 6.54 Å². The number of nitrogens with zero attached hydrogens (tertiary/aromatic N) is 4. The topological polar surface area (TPSA) is 35.1 Å². The molecular formula is C10H10N4. The van der Waals surface area contributed by atoms with E-state index >= 15 is 0 Å². The lowest BCUT2D eigenvalue weighted by Gasteiger charge is -1.94. The van der Waals surface area contributed by atoms with E-state index in [0.29, 0.717) is 5.82 Å². The maximum absolute atomic E-state index is 6.88. The highest BCUT2D eigenvalue weighted by Crippen LogP contribution is 2.19. The molecule has 0 saturated heterocycles. The van der Waals surface area contributed by atoms with Gasteiger partial charge in [-0.15, -0.1) is 4.98 Å².